The molecule has 4 heteroatoms. The molecule has 0 radical (unpaired) electrons. The first kappa shape index (κ1) is 8.87. The zero-order valence-electron chi connectivity index (χ0n) is 6.36. The standard InChI is InChI=1S/C8H8N2O.ClH/c9-8(11)6-4-7-2-1-3-10(7)5-6;/h1-3,5H,4H2,(H2,9,11);1H. The highest BCUT2D eigenvalue weighted by Crippen LogP contribution is 2.17. The van der Waals surface area contributed by atoms with Crippen molar-refractivity contribution < 1.29 is 4.79 Å². The van der Waals surface area contributed by atoms with E-state index in [1.54, 1.807) is 6.20 Å². The SMILES string of the molecule is Cl.NC(=O)C1=Cn2cccc2C1. The number of carbonyl (C=O) groups excluding carboxylic acids is 1. The van der Waals surface area contributed by atoms with Crippen LogP contribution in [0, 0.1) is 0 Å². The van der Waals surface area contributed by atoms with Gasteiger partial charge in [-0.2, -0.15) is 0 Å². The van der Waals surface area contributed by atoms with Gasteiger partial charge in [0.2, 0.25) is 5.91 Å². The molecular formula is C8H9ClN2O. The van der Waals surface area contributed by atoms with E-state index < -0.39 is 0 Å². The van der Waals surface area contributed by atoms with Crippen LogP contribution >= 0.6 is 12.4 Å². The molecule has 2 rings (SSSR count). The van der Waals surface area contributed by atoms with Crippen LogP contribution in [0.2, 0.25) is 0 Å². The molecule has 0 aromatic carbocycles. The molecule has 1 aliphatic heterocycles. The van der Waals surface area contributed by atoms with Gasteiger partial charge >= 0.3 is 0 Å². The topological polar surface area (TPSA) is 48.0 Å². The second-order valence-corrected chi connectivity index (χ2v) is 2.60. The molecule has 0 saturated carbocycles. The number of nitrogens with zero attached hydrogens (tertiary/aromatic N) is 1. The van der Waals surface area contributed by atoms with Gasteiger partial charge in [-0.05, 0) is 12.1 Å². The van der Waals surface area contributed by atoms with E-state index in [0.29, 0.717) is 12.0 Å². The summed E-state index contributed by atoms with van der Waals surface area (Å²) in [5, 5.41) is 0. The number of fused-ring (bicyclic) bond motifs is 1. The van der Waals surface area contributed by atoms with Gasteiger partial charge in [-0.25, -0.2) is 0 Å². The van der Waals surface area contributed by atoms with E-state index >= 15 is 0 Å². The van der Waals surface area contributed by atoms with Gasteiger partial charge in [0.15, 0.2) is 0 Å². The normalized spacial score (nSPS) is 13.2. The summed E-state index contributed by atoms with van der Waals surface area (Å²) in [6.45, 7) is 0. The Bertz CT molecular complexity index is 341. The second-order valence-electron chi connectivity index (χ2n) is 2.60. The lowest BCUT2D eigenvalue weighted by atomic mass is 10.2. The summed E-state index contributed by atoms with van der Waals surface area (Å²) in [6, 6.07) is 3.93. The quantitative estimate of drug-likeness (QED) is 0.690. The van der Waals surface area contributed by atoms with Crippen molar-refractivity contribution in [1.82, 2.24) is 4.57 Å². The van der Waals surface area contributed by atoms with E-state index in [2.05, 4.69) is 0 Å². The van der Waals surface area contributed by atoms with Crippen LogP contribution in [0.15, 0.2) is 23.9 Å². The lowest BCUT2D eigenvalue weighted by Crippen LogP contribution is -2.13. The molecular weight excluding hydrogens is 176 g/mol. The molecule has 64 valence electrons. The molecule has 0 fully saturated rings. The van der Waals surface area contributed by atoms with Gasteiger partial charge in [0.1, 0.15) is 0 Å². The number of hydrogen-bond donors (Lipinski definition) is 1. The Labute approximate surface area is 76.3 Å². The molecule has 0 atom stereocenters. The smallest absolute Gasteiger partial charge is 0.246 e. The Kier molecular flexibility index (Phi) is 2.24. The number of hydrogen-bond acceptors (Lipinski definition) is 1. The summed E-state index contributed by atoms with van der Waals surface area (Å²) < 4.78 is 1.92. The minimum Gasteiger partial charge on any atom is -0.366 e. The molecule has 2 N–H and O–H groups in total. The lowest BCUT2D eigenvalue weighted by Gasteiger charge is -1.90. The van der Waals surface area contributed by atoms with Crippen LogP contribution in [0.4, 0.5) is 0 Å². The van der Waals surface area contributed by atoms with E-state index in [9.17, 15) is 4.79 Å². The number of rotatable bonds is 1. The molecule has 1 aromatic rings. The van der Waals surface area contributed by atoms with Crippen molar-refractivity contribution in [2.24, 2.45) is 5.73 Å². The predicted molar refractivity (Wildman–Crippen MR) is 48.9 cm³/mol. The van der Waals surface area contributed by atoms with Gasteiger partial charge in [0.25, 0.3) is 0 Å². The third-order valence-corrected chi connectivity index (χ3v) is 1.85. The van der Waals surface area contributed by atoms with Gasteiger partial charge in [0.05, 0.1) is 0 Å². The van der Waals surface area contributed by atoms with E-state index in [1.807, 2.05) is 22.9 Å². The molecule has 12 heavy (non-hydrogen) atoms. The van der Waals surface area contributed by atoms with Crippen molar-refractivity contribution in [2.45, 2.75) is 6.42 Å². The Morgan fingerprint density at radius 1 is 1.58 bits per heavy atom. The summed E-state index contributed by atoms with van der Waals surface area (Å²) in [6.07, 6.45) is 4.35. The zero-order valence-corrected chi connectivity index (χ0v) is 7.17. The Morgan fingerprint density at radius 2 is 2.33 bits per heavy atom. The summed E-state index contributed by atoms with van der Waals surface area (Å²) in [7, 11) is 0. The summed E-state index contributed by atoms with van der Waals surface area (Å²) in [5.74, 6) is -0.325. The fraction of sp³-hybridized carbons (Fsp3) is 0.125. The number of aromatic nitrogens is 1. The maximum absolute atomic E-state index is 10.7. The largest absolute Gasteiger partial charge is 0.366 e. The summed E-state index contributed by atoms with van der Waals surface area (Å²) >= 11 is 0. The zero-order chi connectivity index (χ0) is 7.84. The molecule has 0 bridgehead atoms. The highest BCUT2D eigenvalue weighted by Gasteiger charge is 2.14. The van der Waals surface area contributed by atoms with Gasteiger partial charge in [-0.1, -0.05) is 0 Å². The van der Waals surface area contributed by atoms with E-state index in [-0.39, 0.29) is 18.3 Å². The van der Waals surface area contributed by atoms with Crippen molar-refractivity contribution in [3.8, 4) is 0 Å². The first-order valence-electron chi connectivity index (χ1n) is 3.43. The average molecular weight is 185 g/mol. The summed E-state index contributed by atoms with van der Waals surface area (Å²) in [4.78, 5) is 10.7. The summed E-state index contributed by atoms with van der Waals surface area (Å²) in [5.41, 5.74) is 6.92. The molecule has 1 amide bonds. The number of primary amides is 1. The number of halogens is 1. The number of amides is 1. The first-order valence-corrected chi connectivity index (χ1v) is 3.43. The molecule has 3 nitrogen and oxygen atoms in total. The monoisotopic (exact) mass is 184 g/mol. The molecule has 0 aliphatic carbocycles. The molecule has 0 spiro atoms. The van der Waals surface area contributed by atoms with Crippen molar-refractivity contribution in [2.75, 3.05) is 0 Å². The van der Waals surface area contributed by atoms with E-state index in [4.69, 9.17) is 5.73 Å². The van der Waals surface area contributed by atoms with Crippen LogP contribution < -0.4 is 5.73 Å². The van der Waals surface area contributed by atoms with Crippen LogP contribution in [0.3, 0.4) is 0 Å². The van der Waals surface area contributed by atoms with E-state index in [0.717, 1.165) is 5.69 Å². The van der Waals surface area contributed by atoms with Crippen molar-refractivity contribution >= 4 is 24.5 Å². The Balaban J connectivity index is 0.000000720. The van der Waals surface area contributed by atoms with Gasteiger partial charge in [0, 0.05) is 30.1 Å². The molecule has 1 aliphatic rings. The third-order valence-electron chi connectivity index (χ3n) is 1.85. The highest BCUT2D eigenvalue weighted by molar-refractivity contribution is 5.96. The van der Waals surface area contributed by atoms with Crippen LogP contribution in [0.1, 0.15) is 5.69 Å². The fourth-order valence-electron chi connectivity index (χ4n) is 1.26. The average Bonchev–Trinajstić information content (AvgIpc) is 2.40. The second kappa shape index (κ2) is 3.03. The first-order chi connectivity index (χ1) is 5.27. The van der Waals surface area contributed by atoms with Gasteiger partial charge in [-0.15, -0.1) is 12.4 Å². The third kappa shape index (κ3) is 1.23. The molecule has 1 aromatic heterocycles. The number of nitrogens with two attached hydrogens (primary N) is 1. The Morgan fingerprint density at radius 3 is 2.92 bits per heavy atom. The maximum atomic E-state index is 10.7. The lowest BCUT2D eigenvalue weighted by molar-refractivity contribution is -0.114. The van der Waals surface area contributed by atoms with Crippen LogP contribution in [-0.2, 0) is 11.2 Å². The minimum absolute atomic E-state index is 0. The predicted octanol–water partition coefficient (Wildman–Crippen LogP) is 0.792. The van der Waals surface area contributed by atoms with Gasteiger partial charge < -0.3 is 10.3 Å². The van der Waals surface area contributed by atoms with E-state index in [1.165, 1.54) is 0 Å². The maximum Gasteiger partial charge on any atom is 0.246 e. The van der Waals surface area contributed by atoms with Gasteiger partial charge in [-0.3, -0.25) is 4.79 Å². The molecule has 2 heterocycles. The molecule has 0 saturated heterocycles. The minimum atomic E-state index is -0.325. The Hall–Kier alpha value is -1.22. The fourth-order valence-corrected chi connectivity index (χ4v) is 1.26. The van der Waals surface area contributed by atoms with Crippen molar-refractivity contribution in [1.29, 1.82) is 0 Å². The van der Waals surface area contributed by atoms with Crippen LogP contribution in [0.5, 0.6) is 0 Å². The van der Waals surface area contributed by atoms with Crippen molar-refractivity contribution in [3.05, 3.63) is 29.6 Å². The highest BCUT2D eigenvalue weighted by atomic mass is 35.5. The van der Waals surface area contributed by atoms with Crippen LogP contribution in [0.25, 0.3) is 6.20 Å². The number of carbonyl (C=O) groups is 1. The van der Waals surface area contributed by atoms with Crippen molar-refractivity contribution in [3.63, 3.8) is 0 Å². The van der Waals surface area contributed by atoms with Crippen LogP contribution in [-0.4, -0.2) is 10.5 Å². The molecule has 0 unspecified atom stereocenters.